The summed E-state index contributed by atoms with van der Waals surface area (Å²) < 4.78 is 5.32. The fourth-order valence-corrected chi connectivity index (χ4v) is 1.68. The van der Waals surface area contributed by atoms with Crippen LogP contribution in [0.2, 0.25) is 0 Å². The zero-order valence-electron chi connectivity index (χ0n) is 10.3. The van der Waals surface area contributed by atoms with E-state index < -0.39 is 0 Å². The molecule has 0 saturated carbocycles. The second-order valence-electron chi connectivity index (χ2n) is 5.10. The van der Waals surface area contributed by atoms with Gasteiger partial charge in [0.1, 0.15) is 0 Å². The van der Waals surface area contributed by atoms with Crippen molar-refractivity contribution in [3.63, 3.8) is 0 Å². The van der Waals surface area contributed by atoms with E-state index in [0.717, 1.165) is 26.1 Å². The number of guanidine groups is 1. The fourth-order valence-electron chi connectivity index (χ4n) is 1.68. The number of hydrogen-bond acceptors (Lipinski definition) is 2. The highest BCUT2D eigenvalue weighted by Gasteiger charge is 2.20. The number of rotatable bonds is 1. The molecule has 1 heterocycles. The largest absolute Gasteiger partial charge is 0.381 e. The van der Waals surface area contributed by atoms with Crippen molar-refractivity contribution in [1.82, 2.24) is 4.90 Å². The summed E-state index contributed by atoms with van der Waals surface area (Å²) in [5.41, 5.74) is 5.86. The minimum Gasteiger partial charge on any atom is -0.381 e. The Balaban J connectivity index is 2.58. The van der Waals surface area contributed by atoms with E-state index in [4.69, 9.17) is 10.5 Å². The molecule has 0 aromatic rings. The van der Waals surface area contributed by atoms with Gasteiger partial charge in [-0.05, 0) is 33.6 Å². The smallest absolute Gasteiger partial charge is 0.191 e. The molecule has 1 saturated heterocycles. The van der Waals surface area contributed by atoms with E-state index in [1.165, 1.54) is 0 Å². The van der Waals surface area contributed by atoms with Crippen LogP contribution in [0.25, 0.3) is 0 Å². The molecule has 2 N–H and O–H groups in total. The van der Waals surface area contributed by atoms with E-state index in [1.54, 1.807) is 0 Å². The first-order valence-corrected chi connectivity index (χ1v) is 5.56. The molecule has 0 amide bonds. The Labute approximate surface area is 92.5 Å². The van der Waals surface area contributed by atoms with Gasteiger partial charge in [-0.15, -0.1) is 0 Å². The van der Waals surface area contributed by atoms with Gasteiger partial charge < -0.3 is 15.4 Å². The summed E-state index contributed by atoms with van der Waals surface area (Å²) in [5.74, 6) is 0.634. The first kappa shape index (κ1) is 12.3. The molecule has 15 heavy (non-hydrogen) atoms. The van der Waals surface area contributed by atoms with Crippen LogP contribution in [0.5, 0.6) is 0 Å². The van der Waals surface area contributed by atoms with Gasteiger partial charge in [0, 0.05) is 26.3 Å². The number of aliphatic imine (C=N–C) groups is 1. The maximum Gasteiger partial charge on any atom is 0.191 e. The van der Waals surface area contributed by atoms with Crippen molar-refractivity contribution in [3.8, 4) is 0 Å². The lowest BCUT2D eigenvalue weighted by atomic mass is 10.1. The molecule has 4 nitrogen and oxygen atoms in total. The number of nitrogens with zero attached hydrogens (tertiary/aromatic N) is 2. The third-order valence-corrected chi connectivity index (χ3v) is 2.55. The molecule has 1 rings (SSSR count). The van der Waals surface area contributed by atoms with Crippen LogP contribution in [0.15, 0.2) is 4.99 Å². The Kier molecular flexibility index (Phi) is 3.97. The summed E-state index contributed by atoms with van der Waals surface area (Å²) in [6.07, 6.45) is 2.08. The van der Waals surface area contributed by atoms with Gasteiger partial charge in [0.05, 0.1) is 5.54 Å². The molecule has 88 valence electrons. The van der Waals surface area contributed by atoms with E-state index in [2.05, 4.69) is 30.7 Å². The minimum absolute atomic E-state index is 0.108. The van der Waals surface area contributed by atoms with Gasteiger partial charge in [-0.2, -0.15) is 0 Å². The summed E-state index contributed by atoms with van der Waals surface area (Å²) in [6, 6.07) is 0.477. The lowest BCUT2D eigenvalue weighted by Crippen LogP contribution is -2.45. The highest BCUT2D eigenvalue weighted by Crippen LogP contribution is 2.14. The number of nitrogens with two attached hydrogens (primary N) is 1. The molecule has 1 fully saturated rings. The normalized spacial score (nSPS) is 20.4. The average Bonchev–Trinajstić information content (AvgIpc) is 2.15. The fraction of sp³-hybridized carbons (Fsp3) is 0.909. The SMILES string of the molecule is CN(C(N)=NC(C)(C)C)C1CCOCC1. The Morgan fingerprint density at radius 2 is 1.87 bits per heavy atom. The molecule has 0 unspecified atom stereocenters. The third-order valence-electron chi connectivity index (χ3n) is 2.55. The van der Waals surface area contributed by atoms with E-state index in [-0.39, 0.29) is 5.54 Å². The van der Waals surface area contributed by atoms with E-state index >= 15 is 0 Å². The van der Waals surface area contributed by atoms with Gasteiger partial charge in [-0.1, -0.05) is 0 Å². The molecule has 1 aliphatic heterocycles. The summed E-state index contributed by atoms with van der Waals surface area (Å²) in [7, 11) is 2.01. The Hall–Kier alpha value is -0.770. The van der Waals surface area contributed by atoms with Crippen LogP contribution in [0.3, 0.4) is 0 Å². The zero-order valence-corrected chi connectivity index (χ0v) is 10.3. The monoisotopic (exact) mass is 213 g/mol. The molecule has 0 aliphatic carbocycles. The standard InChI is InChI=1S/C11H23N3O/c1-11(2,3)13-10(12)14(4)9-5-7-15-8-6-9/h9H,5-8H2,1-4H3,(H2,12,13). The Morgan fingerprint density at radius 3 is 2.33 bits per heavy atom. The van der Waals surface area contributed by atoms with Crippen LogP contribution in [0.1, 0.15) is 33.6 Å². The summed E-state index contributed by atoms with van der Waals surface area (Å²) in [4.78, 5) is 6.54. The highest BCUT2D eigenvalue weighted by atomic mass is 16.5. The number of ether oxygens (including phenoxy) is 1. The van der Waals surface area contributed by atoms with Crippen LogP contribution >= 0.6 is 0 Å². The molecule has 0 atom stereocenters. The first-order valence-electron chi connectivity index (χ1n) is 5.56. The van der Waals surface area contributed by atoms with Gasteiger partial charge in [0.2, 0.25) is 0 Å². The van der Waals surface area contributed by atoms with Gasteiger partial charge >= 0.3 is 0 Å². The lowest BCUT2D eigenvalue weighted by Gasteiger charge is -2.32. The van der Waals surface area contributed by atoms with Gasteiger partial charge in [0.25, 0.3) is 0 Å². The zero-order chi connectivity index (χ0) is 11.5. The van der Waals surface area contributed by atoms with Crippen molar-refractivity contribution in [3.05, 3.63) is 0 Å². The second kappa shape index (κ2) is 4.84. The molecule has 0 aromatic heterocycles. The van der Waals surface area contributed by atoms with Crippen LogP contribution < -0.4 is 5.73 Å². The van der Waals surface area contributed by atoms with Gasteiger partial charge in [0.15, 0.2) is 5.96 Å². The molecular formula is C11H23N3O. The van der Waals surface area contributed by atoms with Crippen LogP contribution in [0, 0.1) is 0 Å². The topological polar surface area (TPSA) is 50.8 Å². The van der Waals surface area contributed by atoms with Crippen LogP contribution in [-0.2, 0) is 4.74 Å². The van der Waals surface area contributed by atoms with Crippen LogP contribution in [-0.4, -0.2) is 42.7 Å². The highest BCUT2D eigenvalue weighted by molar-refractivity contribution is 5.78. The second-order valence-corrected chi connectivity index (χ2v) is 5.10. The van der Waals surface area contributed by atoms with Crippen molar-refractivity contribution in [2.45, 2.75) is 45.2 Å². The van der Waals surface area contributed by atoms with Gasteiger partial charge in [-0.3, -0.25) is 0 Å². The van der Waals surface area contributed by atoms with Crippen molar-refractivity contribution < 1.29 is 4.74 Å². The maximum atomic E-state index is 5.97. The van der Waals surface area contributed by atoms with Crippen molar-refractivity contribution in [2.24, 2.45) is 10.7 Å². The van der Waals surface area contributed by atoms with E-state index in [0.29, 0.717) is 12.0 Å². The lowest BCUT2D eigenvalue weighted by molar-refractivity contribution is 0.0601. The predicted molar refractivity (Wildman–Crippen MR) is 63.0 cm³/mol. The maximum absolute atomic E-state index is 5.97. The summed E-state index contributed by atoms with van der Waals surface area (Å²) in [6.45, 7) is 7.82. The van der Waals surface area contributed by atoms with Crippen LogP contribution in [0.4, 0.5) is 0 Å². The van der Waals surface area contributed by atoms with Crippen molar-refractivity contribution >= 4 is 5.96 Å². The molecule has 1 aliphatic rings. The molecule has 0 radical (unpaired) electrons. The average molecular weight is 213 g/mol. The Bertz CT molecular complexity index is 226. The summed E-state index contributed by atoms with van der Waals surface area (Å²) in [5, 5.41) is 0. The minimum atomic E-state index is -0.108. The molecular weight excluding hydrogens is 190 g/mol. The Morgan fingerprint density at radius 1 is 1.33 bits per heavy atom. The molecule has 4 heteroatoms. The number of hydrogen-bond donors (Lipinski definition) is 1. The van der Waals surface area contributed by atoms with E-state index in [9.17, 15) is 0 Å². The molecule has 0 spiro atoms. The first-order chi connectivity index (χ1) is 6.90. The van der Waals surface area contributed by atoms with Crippen molar-refractivity contribution in [2.75, 3.05) is 20.3 Å². The van der Waals surface area contributed by atoms with Gasteiger partial charge in [-0.25, -0.2) is 4.99 Å². The molecule has 0 bridgehead atoms. The summed E-state index contributed by atoms with van der Waals surface area (Å²) >= 11 is 0. The third kappa shape index (κ3) is 4.08. The molecule has 0 aromatic carbocycles. The van der Waals surface area contributed by atoms with Crippen molar-refractivity contribution in [1.29, 1.82) is 0 Å². The predicted octanol–water partition coefficient (Wildman–Crippen LogP) is 1.21. The van der Waals surface area contributed by atoms with E-state index in [1.807, 2.05) is 7.05 Å². The quantitative estimate of drug-likeness (QED) is 0.526.